The second-order valence-corrected chi connectivity index (χ2v) is 7.59. The van der Waals surface area contributed by atoms with Gasteiger partial charge in [0.05, 0.1) is 23.7 Å². The average Bonchev–Trinajstić information content (AvgIpc) is 3.17. The van der Waals surface area contributed by atoms with Gasteiger partial charge in [-0.05, 0) is 34.4 Å². The molecule has 0 aromatic heterocycles. The average molecular weight is 424 g/mol. The molecule has 2 aromatic carbocycles. The third-order valence-electron chi connectivity index (χ3n) is 4.74. The Morgan fingerprint density at radius 3 is 2.44 bits per heavy atom. The van der Waals surface area contributed by atoms with Crippen molar-refractivity contribution in [2.45, 2.75) is 19.3 Å². The smallest absolute Gasteiger partial charge is 0.228 e. The van der Waals surface area contributed by atoms with Gasteiger partial charge in [-0.2, -0.15) is 0 Å². The molecule has 0 spiro atoms. The summed E-state index contributed by atoms with van der Waals surface area (Å²) >= 11 is 18.6. The minimum atomic E-state index is -0.306. The monoisotopic (exact) mass is 422 g/mol. The van der Waals surface area contributed by atoms with Crippen LogP contribution < -0.4 is 10.6 Å². The molecule has 2 amide bonds. The number of amides is 2. The molecule has 8 heteroatoms. The van der Waals surface area contributed by atoms with Crippen LogP contribution in [0.1, 0.15) is 32.6 Å². The third-order valence-corrected chi connectivity index (χ3v) is 5.77. The lowest BCUT2D eigenvalue weighted by molar-refractivity contribution is -0.115. The number of carbonyl (C=O) groups is 3. The van der Waals surface area contributed by atoms with Gasteiger partial charge in [-0.3, -0.25) is 14.4 Å². The lowest BCUT2D eigenvalue weighted by Crippen LogP contribution is -2.08. The van der Waals surface area contributed by atoms with Crippen LogP contribution in [-0.2, 0) is 28.9 Å². The molecule has 0 fully saturated rings. The number of fused-ring (bicyclic) bond motifs is 2. The van der Waals surface area contributed by atoms with E-state index in [1.807, 2.05) is 6.07 Å². The lowest BCUT2D eigenvalue weighted by Gasteiger charge is -2.15. The maximum Gasteiger partial charge on any atom is 0.228 e. The number of benzene rings is 2. The maximum atomic E-state index is 12.2. The number of alkyl halides is 1. The van der Waals surface area contributed by atoms with Crippen molar-refractivity contribution < 1.29 is 14.4 Å². The first-order valence-corrected chi connectivity index (χ1v) is 9.50. The molecule has 138 valence electrons. The number of Topliss-reactive ketones (excluding diaryl/α,β-unsaturated/α-hetero) is 1. The molecule has 2 aliphatic heterocycles. The first-order chi connectivity index (χ1) is 12.9. The van der Waals surface area contributed by atoms with E-state index < -0.39 is 0 Å². The highest BCUT2D eigenvalue weighted by Crippen LogP contribution is 2.39. The van der Waals surface area contributed by atoms with Crippen molar-refractivity contribution in [1.29, 1.82) is 0 Å². The van der Waals surface area contributed by atoms with Gasteiger partial charge in [-0.25, -0.2) is 0 Å². The van der Waals surface area contributed by atoms with Crippen molar-refractivity contribution in [3.63, 3.8) is 0 Å². The topological polar surface area (TPSA) is 75.3 Å². The predicted molar refractivity (Wildman–Crippen MR) is 105 cm³/mol. The van der Waals surface area contributed by atoms with Crippen LogP contribution in [0.2, 0.25) is 10.0 Å². The van der Waals surface area contributed by atoms with Crippen LogP contribution in [0, 0.1) is 0 Å². The summed E-state index contributed by atoms with van der Waals surface area (Å²) in [4.78, 5) is 35.7. The van der Waals surface area contributed by atoms with Crippen molar-refractivity contribution in [3.05, 3.63) is 56.1 Å². The minimum Gasteiger partial charge on any atom is -0.325 e. The number of ketones is 1. The van der Waals surface area contributed by atoms with Gasteiger partial charge in [0.25, 0.3) is 0 Å². The number of nitrogens with one attached hydrogen (secondary N) is 2. The molecule has 5 nitrogen and oxygen atoms in total. The van der Waals surface area contributed by atoms with E-state index >= 15 is 0 Å². The van der Waals surface area contributed by atoms with Gasteiger partial charge in [0.1, 0.15) is 0 Å². The molecule has 2 heterocycles. The first-order valence-electron chi connectivity index (χ1n) is 8.21. The molecule has 2 N–H and O–H groups in total. The quantitative estimate of drug-likeness (QED) is 0.577. The maximum absolute atomic E-state index is 12.2. The SMILES string of the molecule is O=C1Cc2cc(Cc3c(Cl)c(C(=O)CCl)cc4c3NC(=O)C4)c(Cl)cc2N1. The number of hydrogen-bond acceptors (Lipinski definition) is 3. The Morgan fingerprint density at radius 2 is 1.70 bits per heavy atom. The van der Waals surface area contributed by atoms with Crippen molar-refractivity contribution in [1.82, 2.24) is 0 Å². The predicted octanol–water partition coefficient (Wildman–Crippen LogP) is 3.99. The second kappa shape index (κ2) is 6.82. The van der Waals surface area contributed by atoms with Crippen LogP contribution in [0.3, 0.4) is 0 Å². The van der Waals surface area contributed by atoms with Gasteiger partial charge in [0.15, 0.2) is 5.78 Å². The number of halogens is 3. The van der Waals surface area contributed by atoms with Crippen LogP contribution in [0.4, 0.5) is 11.4 Å². The molecule has 0 saturated carbocycles. The summed E-state index contributed by atoms with van der Waals surface area (Å²) in [6, 6.07) is 5.18. The zero-order valence-electron chi connectivity index (χ0n) is 13.9. The Balaban J connectivity index is 1.82. The van der Waals surface area contributed by atoms with E-state index in [1.54, 1.807) is 12.1 Å². The molecule has 4 rings (SSSR count). The summed E-state index contributed by atoms with van der Waals surface area (Å²) in [7, 11) is 0. The number of hydrogen-bond donors (Lipinski definition) is 2. The highest BCUT2D eigenvalue weighted by Gasteiger charge is 2.28. The van der Waals surface area contributed by atoms with Gasteiger partial charge in [0.2, 0.25) is 11.8 Å². The molecule has 2 aromatic rings. The highest BCUT2D eigenvalue weighted by atomic mass is 35.5. The molecule has 0 aliphatic carbocycles. The van der Waals surface area contributed by atoms with Crippen LogP contribution in [-0.4, -0.2) is 23.5 Å². The van der Waals surface area contributed by atoms with Crippen molar-refractivity contribution in [2.24, 2.45) is 0 Å². The van der Waals surface area contributed by atoms with Gasteiger partial charge in [-0.1, -0.05) is 29.3 Å². The number of anilines is 2. The summed E-state index contributed by atoms with van der Waals surface area (Å²) in [5.41, 5.74) is 4.55. The fraction of sp³-hybridized carbons (Fsp3) is 0.211. The fourth-order valence-electron chi connectivity index (χ4n) is 3.49. The molecular formula is C19H13Cl3N2O3. The summed E-state index contributed by atoms with van der Waals surface area (Å²) in [5.74, 6) is -0.751. The summed E-state index contributed by atoms with van der Waals surface area (Å²) in [5, 5.41) is 6.30. The van der Waals surface area contributed by atoms with Crippen molar-refractivity contribution in [3.8, 4) is 0 Å². The molecule has 0 unspecified atom stereocenters. The Labute approximate surface area is 170 Å². The summed E-state index contributed by atoms with van der Waals surface area (Å²) in [6.45, 7) is 0. The van der Waals surface area contributed by atoms with Crippen LogP contribution >= 0.6 is 34.8 Å². The Kier molecular flexibility index (Phi) is 4.62. The van der Waals surface area contributed by atoms with E-state index in [0.29, 0.717) is 39.5 Å². The van der Waals surface area contributed by atoms with Crippen LogP contribution in [0.15, 0.2) is 18.2 Å². The molecule has 27 heavy (non-hydrogen) atoms. The van der Waals surface area contributed by atoms with Crippen molar-refractivity contribution in [2.75, 3.05) is 16.5 Å². The van der Waals surface area contributed by atoms with Gasteiger partial charge in [-0.15, -0.1) is 11.6 Å². The van der Waals surface area contributed by atoms with Crippen LogP contribution in [0.5, 0.6) is 0 Å². The van der Waals surface area contributed by atoms with E-state index in [0.717, 1.165) is 11.1 Å². The van der Waals surface area contributed by atoms with E-state index in [2.05, 4.69) is 10.6 Å². The summed E-state index contributed by atoms with van der Waals surface area (Å²) in [6.07, 6.45) is 0.774. The van der Waals surface area contributed by atoms with Crippen molar-refractivity contribution >= 4 is 63.8 Å². The minimum absolute atomic E-state index is 0.0842. The fourth-order valence-corrected chi connectivity index (χ4v) is 4.19. The summed E-state index contributed by atoms with van der Waals surface area (Å²) < 4.78 is 0. The molecule has 0 saturated heterocycles. The second-order valence-electron chi connectivity index (χ2n) is 6.54. The van der Waals surface area contributed by atoms with Gasteiger partial charge < -0.3 is 10.6 Å². The van der Waals surface area contributed by atoms with E-state index in [-0.39, 0.29) is 41.3 Å². The molecular weight excluding hydrogens is 411 g/mol. The number of rotatable bonds is 4. The van der Waals surface area contributed by atoms with Crippen LogP contribution in [0.25, 0.3) is 0 Å². The highest BCUT2D eigenvalue weighted by molar-refractivity contribution is 6.38. The standard InChI is InChI=1S/C19H13Cl3N2O3/c20-7-15(25)11-3-10-5-17(27)24-19(10)12(18(11)22)2-8-1-9-4-16(26)23-14(9)6-13(8)21/h1,3,6H,2,4-5,7H2,(H,23,26)(H,24,27). The van der Waals surface area contributed by atoms with E-state index in [4.69, 9.17) is 34.8 Å². The van der Waals surface area contributed by atoms with E-state index in [1.165, 1.54) is 0 Å². The zero-order chi connectivity index (χ0) is 19.3. The molecule has 2 aliphatic rings. The first kappa shape index (κ1) is 18.3. The third kappa shape index (κ3) is 3.20. The molecule has 0 atom stereocenters. The normalized spacial score (nSPS) is 14.6. The van der Waals surface area contributed by atoms with Gasteiger partial charge in [0, 0.05) is 28.4 Å². The Morgan fingerprint density at radius 1 is 1.00 bits per heavy atom. The largest absolute Gasteiger partial charge is 0.325 e. The molecule has 0 bridgehead atoms. The van der Waals surface area contributed by atoms with Gasteiger partial charge >= 0.3 is 0 Å². The Bertz CT molecular complexity index is 1030. The Hall–Kier alpha value is -2.08. The number of carbonyl (C=O) groups excluding carboxylic acids is 3. The molecule has 0 radical (unpaired) electrons. The van der Waals surface area contributed by atoms with E-state index in [9.17, 15) is 14.4 Å². The lowest BCUT2D eigenvalue weighted by atomic mass is 9.95. The zero-order valence-corrected chi connectivity index (χ0v) is 16.2.